The Labute approximate surface area is 158 Å². The minimum atomic E-state index is -3.90. The predicted octanol–water partition coefficient (Wildman–Crippen LogP) is 3.43. The van der Waals surface area contributed by atoms with Crippen LogP contribution < -0.4 is 5.73 Å². The number of hydrogen-bond acceptors (Lipinski definition) is 3. The monoisotopic (exact) mass is 450 g/mol. The molecule has 0 aliphatic carbocycles. The van der Waals surface area contributed by atoms with Crippen LogP contribution in [0.1, 0.15) is 5.56 Å². The molecular formula is C15H13BrCl2N2O3S. The number of benzene rings is 2. The second kappa shape index (κ2) is 7.84. The summed E-state index contributed by atoms with van der Waals surface area (Å²) in [6.07, 6.45) is 0. The lowest BCUT2D eigenvalue weighted by molar-refractivity contribution is -0.118. The number of sulfonamides is 1. The first-order chi connectivity index (χ1) is 11.2. The molecule has 0 fully saturated rings. The number of nitrogens with two attached hydrogens (primary N) is 1. The van der Waals surface area contributed by atoms with Crippen molar-refractivity contribution in [3.8, 4) is 0 Å². The molecule has 0 saturated heterocycles. The molecule has 0 heterocycles. The van der Waals surface area contributed by atoms with Crippen LogP contribution in [0.15, 0.2) is 51.8 Å². The molecule has 0 saturated carbocycles. The van der Waals surface area contributed by atoms with Gasteiger partial charge in [-0.2, -0.15) is 4.31 Å². The summed E-state index contributed by atoms with van der Waals surface area (Å²) in [7, 11) is -3.90. The summed E-state index contributed by atoms with van der Waals surface area (Å²) in [5.41, 5.74) is 5.79. The fourth-order valence-electron chi connectivity index (χ4n) is 2.00. The number of halogens is 3. The van der Waals surface area contributed by atoms with Gasteiger partial charge in [0.25, 0.3) is 0 Å². The maximum absolute atomic E-state index is 12.8. The van der Waals surface area contributed by atoms with Crippen LogP contribution in [-0.4, -0.2) is 25.2 Å². The van der Waals surface area contributed by atoms with E-state index in [0.29, 0.717) is 15.6 Å². The molecule has 2 rings (SSSR count). The first kappa shape index (κ1) is 19.2. The van der Waals surface area contributed by atoms with Crippen LogP contribution in [-0.2, 0) is 21.4 Å². The van der Waals surface area contributed by atoms with Gasteiger partial charge in [-0.15, -0.1) is 0 Å². The second-order valence-corrected chi connectivity index (χ2v) is 8.61. The van der Waals surface area contributed by atoms with E-state index < -0.39 is 22.5 Å². The lowest BCUT2D eigenvalue weighted by Crippen LogP contribution is -2.38. The third kappa shape index (κ3) is 4.70. The quantitative estimate of drug-likeness (QED) is 0.730. The van der Waals surface area contributed by atoms with E-state index in [1.807, 2.05) is 0 Å². The van der Waals surface area contributed by atoms with E-state index in [1.165, 1.54) is 12.1 Å². The van der Waals surface area contributed by atoms with Gasteiger partial charge in [-0.1, -0.05) is 45.2 Å². The highest BCUT2D eigenvalue weighted by atomic mass is 79.9. The Morgan fingerprint density at radius 2 is 1.71 bits per heavy atom. The zero-order chi connectivity index (χ0) is 17.9. The Bertz CT molecular complexity index is 858. The third-order valence-electron chi connectivity index (χ3n) is 3.13. The summed E-state index contributed by atoms with van der Waals surface area (Å²) in [5.74, 6) is -0.754. The Morgan fingerprint density at radius 3 is 2.25 bits per heavy atom. The third-order valence-corrected chi connectivity index (χ3v) is 6.20. The molecule has 2 aromatic rings. The molecule has 0 atom stereocenters. The second-order valence-electron chi connectivity index (χ2n) is 4.94. The molecule has 0 radical (unpaired) electrons. The smallest absolute Gasteiger partial charge is 0.243 e. The average molecular weight is 452 g/mol. The zero-order valence-electron chi connectivity index (χ0n) is 12.2. The minimum absolute atomic E-state index is 0.0573. The number of amides is 1. The van der Waals surface area contributed by atoms with Gasteiger partial charge in [0.15, 0.2) is 0 Å². The number of rotatable bonds is 6. The van der Waals surface area contributed by atoms with Crippen molar-refractivity contribution in [2.45, 2.75) is 11.4 Å². The van der Waals surface area contributed by atoms with Crippen molar-refractivity contribution in [3.05, 3.63) is 62.5 Å². The molecule has 24 heavy (non-hydrogen) atoms. The minimum Gasteiger partial charge on any atom is -0.369 e. The van der Waals surface area contributed by atoms with Crippen molar-refractivity contribution < 1.29 is 13.2 Å². The molecule has 5 nitrogen and oxygen atoms in total. The van der Waals surface area contributed by atoms with Crippen LogP contribution in [0, 0.1) is 0 Å². The summed E-state index contributed by atoms with van der Waals surface area (Å²) in [6, 6.07) is 10.9. The zero-order valence-corrected chi connectivity index (χ0v) is 16.2. The molecule has 0 bridgehead atoms. The highest BCUT2D eigenvalue weighted by Crippen LogP contribution is 2.25. The summed E-state index contributed by atoms with van der Waals surface area (Å²) >= 11 is 15.1. The molecule has 0 aromatic heterocycles. The largest absolute Gasteiger partial charge is 0.369 e. The SMILES string of the molecule is NC(=O)CN(Cc1ccc(Cl)c(Cl)c1)S(=O)(=O)c1ccc(Br)cc1. The van der Waals surface area contributed by atoms with Gasteiger partial charge in [-0.05, 0) is 42.0 Å². The van der Waals surface area contributed by atoms with Gasteiger partial charge in [-0.25, -0.2) is 8.42 Å². The van der Waals surface area contributed by atoms with Gasteiger partial charge in [0, 0.05) is 11.0 Å². The van der Waals surface area contributed by atoms with Gasteiger partial charge in [0.2, 0.25) is 15.9 Å². The van der Waals surface area contributed by atoms with Crippen LogP contribution in [0.3, 0.4) is 0 Å². The van der Waals surface area contributed by atoms with E-state index in [2.05, 4.69) is 15.9 Å². The molecule has 2 aromatic carbocycles. The molecule has 0 aliphatic heterocycles. The molecule has 2 N–H and O–H groups in total. The van der Waals surface area contributed by atoms with Crippen molar-refractivity contribution in [1.29, 1.82) is 0 Å². The van der Waals surface area contributed by atoms with Crippen molar-refractivity contribution in [2.24, 2.45) is 5.73 Å². The maximum Gasteiger partial charge on any atom is 0.243 e. The molecular weight excluding hydrogens is 439 g/mol. The lowest BCUT2D eigenvalue weighted by Gasteiger charge is -2.21. The lowest BCUT2D eigenvalue weighted by atomic mass is 10.2. The number of carbonyl (C=O) groups is 1. The number of carbonyl (C=O) groups excluding carboxylic acids is 1. The highest BCUT2D eigenvalue weighted by molar-refractivity contribution is 9.10. The van der Waals surface area contributed by atoms with E-state index in [1.54, 1.807) is 30.3 Å². The highest BCUT2D eigenvalue weighted by Gasteiger charge is 2.26. The number of nitrogens with zero attached hydrogens (tertiary/aromatic N) is 1. The molecule has 0 aliphatic rings. The molecule has 9 heteroatoms. The summed E-state index contributed by atoms with van der Waals surface area (Å²) in [6.45, 7) is -0.503. The number of hydrogen-bond donors (Lipinski definition) is 1. The van der Waals surface area contributed by atoms with Gasteiger partial charge in [-0.3, -0.25) is 4.79 Å². The summed E-state index contributed by atoms with van der Waals surface area (Å²) in [4.78, 5) is 11.4. The van der Waals surface area contributed by atoms with E-state index in [9.17, 15) is 13.2 Å². The van der Waals surface area contributed by atoms with Crippen LogP contribution in [0.2, 0.25) is 10.0 Å². The first-order valence-corrected chi connectivity index (χ1v) is 9.67. The van der Waals surface area contributed by atoms with Gasteiger partial charge < -0.3 is 5.73 Å². The molecule has 128 valence electrons. The maximum atomic E-state index is 12.8. The fraction of sp³-hybridized carbons (Fsp3) is 0.133. The van der Waals surface area contributed by atoms with Crippen molar-refractivity contribution in [2.75, 3.05) is 6.54 Å². The number of primary amides is 1. The standard InChI is InChI=1S/C15H13BrCl2N2O3S/c16-11-2-4-12(5-3-11)24(22,23)20(9-15(19)21)8-10-1-6-13(17)14(18)7-10/h1-7H,8-9H2,(H2,19,21). The van der Waals surface area contributed by atoms with Gasteiger partial charge >= 0.3 is 0 Å². The van der Waals surface area contributed by atoms with Crippen LogP contribution in [0.4, 0.5) is 0 Å². The Morgan fingerprint density at radius 1 is 1.08 bits per heavy atom. The summed E-state index contributed by atoms with van der Waals surface area (Å²) in [5, 5.41) is 0.659. The van der Waals surface area contributed by atoms with E-state index in [0.717, 1.165) is 8.78 Å². The van der Waals surface area contributed by atoms with Crippen LogP contribution >= 0.6 is 39.1 Å². The van der Waals surface area contributed by atoms with E-state index in [4.69, 9.17) is 28.9 Å². The van der Waals surface area contributed by atoms with Crippen LogP contribution in [0.5, 0.6) is 0 Å². The predicted molar refractivity (Wildman–Crippen MR) is 97.4 cm³/mol. The van der Waals surface area contributed by atoms with Gasteiger partial charge in [0.1, 0.15) is 0 Å². The van der Waals surface area contributed by atoms with E-state index in [-0.39, 0.29) is 11.4 Å². The Balaban J connectivity index is 2.38. The molecule has 1 amide bonds. The van der Waals surface area contributed by atoms with Crippen LogP contribution in [0.25, 0.3) is 0 Å². The topological polar surface area (TPSA) is 80.5 Å². The van der Waals surface area contributed by atoms with Crippen molar-refractivity contribution in [3.63, 3.8) is 0 Å². The normalized spacial score (nSPS) is 11.7. The summed E-state index contributed by atoms with van der Waals surface area (Å²) < 4.78 is 27.3. The molecule has 0 spiro atoms. The fourth-order valence-corrected chi connectivity index (χ4v) is 3.98. The van der Waals surface area contributed by atoms with E-state index >= 15 is 0 Å². The molecule has 0 unspecified atom stereocenters. The Kier molecular flexibility index (Phi) is 6.28. The van der Waals surface area contributed by atoms with Gasteiger partial charge in [0.05, 0.1) is 21.5 Å². The van der Waals surface area contributed by atoms with Crippen molar-refractivity contribution in [1.82, 2.24) is 4.31 Å². The first-order valence-electron chi connectivity index (χ1n) is 6.68. The average Bonchev–Trinajstić information content (AvgIpc) is 2.50. The Hall–Kier alpha value is -1.12. The van der Waals surface area contributed by atoms with Crippen molar-refractivity contribution >= 4 is 55.1 Å².